The number of anilines is 1. The molecule has 0 saturated heterocycles. The Labute approximate surface area is 165 Å². The molecule has 3 N–H and O–H groups in total. The van der Waals surface area contributed by atoms with Gasteiger partial charge < -0.3 is 16.0 Å². The van der Waals surface area contributed by atoms with E-state index in [1.807, 2.05) is 56.3 Å². The van der Waals surface area contributed by atoms with E-state index >= 15 is 0 Å². The monoisotopic (exact) mass is 381 g/mol. The molecular formula is C22H27N3O3. The molecule has 0 atom stereocenters. The van der Waals surface area contributed by atoms with Crippen molar-refractivity contribution in [2.24, 2.45) is 5.92 Å². The third-order valence-corrected chi connectivity index (χ3v) is 4.14. The molecule has 0 bridgehead atoms. The Hall–Kier alpha value is -3.15. The first-order valence-corrected chi connectivity index (χ1v) is 9.45. The molecule has 0 spiro atoms. The van der Waals surface area contributed by atoms with E-state index in [1.165, 1.54) is 0 Å². The maximum absolute atomic E-state index is 11.9. The zero-order valence-electron chi connectivity index (χ0n) is 16.3. The van der Waals surface area contributed by atoms with Crippen LogP contribution in [0.2, 0.25) is 0 Å². The number of benzene rings is 2. The molecule has 0 aliphatic rings. The van der Waals surface area contributed by atoms with Crippen LogP contribution in [0.1, 0.15) is 42.6 Å². The van der Waals surface area contributed by atoms with Crippen molar-refractivity contribution in [3.63, 3.8) is 0 Å². The van der Waals surface area contributed by atoms with Crippen molar-refractivity contribution in [1.29, 1.82) is 0 Å². The summed E-state index contributed by atoms with van der Waals surface area (Å²) in [4.78, 5) is 35.5. The molecule has 3 amide bonds. The molecule has 0 unspecified atom stereocenters. The summed E-state index contributed by atoms with van der Waals surface area (Å²) in [6, 6.07) is 16.4. The SMILES string of the molecule is CC(C)C(=O)Nc1ccc(CNC(=O)CCCNC(=O)c2ccccc2)cc1. The van der Waals surface area contributed by atoms with Crippen LogP contribution >= 0.6 is 0 Å². The molecule has 2 aromatic carbocycles. The molecule has 0 aromatic heterocycles. The number of hydrogen-bond donors (Lipinski definition) is 3. The van der Waals surface area contributed by atoms with E-state index in [1.54, 1.807) is 12.1 Å². The predicted octanol–water partition coefficient (Wildman–Crippen LogP) is 3.11. The van der Waals surface area contributed by atoms with Gasteiger partial charge in [-0.15, -0.1) is 0 Å². The second-order valence-electron chi connectivity index (χ2n) is 6.84. The molecule has 28 heavy (non-hydrogen) atoms. The average molecular weight is 381 g/mol. The fourth-order valence-electron chi connectivity index (χ4n) is 2.42. The van der Waals surface area contributed by atoms with Crippen LogP contribution in [0.3, 0.4) is 0 Å². The minimum Gasteiger partial charge on any atom is -0.352 e. The van der Waals surface area contributed by atoms with Crippen LogP contribution in [-0.4, -0.2) is 24.3 Å². The van der Waals surface area contributed by atoms with Gasteiger partial charge in [0.15, 0.2) is 0 Å². The Bertz CT molecular complexity index is 786. The largest absolute Gasteiger partial charge is 0.352 e. The molecule has 0 radical (unpaired) electrons. The molecule has 0 saturated carbocycles. The average Bonchev–Trinajstić information content (AvgIpc) is 2.71. The fraction of sp³-hybridized carbons (Fsp3) is 0.318. The third kappa shape index (κ3) is 7.23. The number of nitrogens with one attached hydrogen (secondary N) is 3. The molecular weight excluding hydrogens is 354 g/mol. The van der Waals surface area contributed by atoms with E-state index < -0.39 is 0 Å². The molecule has 2 aromatic rings. The summed E-state index contributed by atoms with van der Waals surface area (Å²) < 4.78 is 0. The molecule has 0 aliphatic heterocycles. The van der Waals surface area contributed by atoms with Crippen molar-refractivity contribution >= 4 is 23.4 Å². The lowest BCUT2D eigenvalue weighted by atomic mass is 10.1. The highest BCUT2D eigenvalue weighted by Gasteiger charge is 2.07. The van der Waals surface area contributed by atoms with E-state index in [9.17, 15) is 14.4 Å². The molecule has 6 nitrogen and oxygen atoms in total. The van der Waals surface area contributed by atoms with E-state index in [2.05, 4.69) is 16.0 Å². The van der Waals surface area contributed by atoms with Crippen LogP contribution in [0.5, 0.6) is 0 Å². The minimum absolute atomic E-state index is 0.0274. The van der Waals surface area contributed by atoms with Gasteiger partial charge in [0, 0.05) is 36.7 Å². The van der Waals surface area contributed by atoms with Gasteiger partial charge in [-0.2, -0.15) is 0 Å². The Morgan fingerprint density at radius 2 is 1.57 bits per heavy atom. The van der Waals surface area contributed by atoms with Crippen molar-refractivity contribution in [2.75, 3.05) is 11.9 Å². The highest BCUT2D eigenvalue weighted by Crippen LogP contribution is 2.11. The molecule has 2 rings (SSSR count). The molecule has 148 valence electrons. The second-order valence-corrected chi connectivity index (χ2v) is 6.84. The fourth-order valence-corrected chi connectivity index (χ4v) is 2.42. The number of hydrogen-bond acceptors (Lipinski definition) is 3. The molecule has 0 fully saturated rings. The van der Waals surface area contributed by atoms with Crippen LogP contribution in [0.15, 0.2) is 54.6 Å². The summed E-state index contributed by atoms with van der Waals surface area (Å²) in [5.41, 5.74) is 2.30. The van der Waals surface area contributed by atoms with Crippen molar-refractivity contribution in [2.45, 2.75) is 33.2 Å². The second kappa shape index (κ2) is 10.9. The lowest BCUT2D eigenvalue weighted by Gasteiger charge is -2.09. The summed E-state index contributed by atoms with van der Waals surface area (Å²) in [6.07, 6.45) is 0.919. The van der Waals surface area contributed by atoms with Gasteiger partial charge in [-0.1, -0.05) is 44.2 Å². The summed E-state index contributed by atoms with van der Waals surface area (Å²) in [5.74, 6) is -0.298. The van der Waals surface area contributed by atoms with E-state index in [0.29, 0.717) is 31.5 Å². The van der Waals surface area contributed by atoms with Crippen molar-refractivity contribution < 1.29 is 14.4 Å². The van der Waals surface area contributed by atoms with Gasteiger partial charge in [-0.25, -0.2) is 0 Å². The van der Waals surface area contributed by atoms with E-state index in [4.69, 9.17) is 0 Å². The predicted molar refractivity (Wildman–Crippen MR) is 110 cm³/mol. The summed E-state index contributed by atoms with van der Waals surface area (Å²) >= 11 is 0. The smallest absolute Gasteiger partial charge is 0.251 e. The number of rotatable bonds is 9. The van der Waals surface area contributed by atoms with Gasteiger partial charge in [-0.3, -0.25) is 14.4 Å². The minimum atomic E-state index is -0.134. The lowest BCUT2D eigenvalue weighted by Crippen LogP contribution is -2.27. The van der Waals surface area contributed by atoms with Crippen LogP contribution in [-0.2, 0) is 16.1 Å². The van der Waals surface area contributed by atoms with Gasteiger partial charge >= 0.3 is 0 Å². The van der Waals surface area contributed by atoms with Gasteiger partial charge in [0.25, 0.3) is 5.91 Å². The van der Waals surface area contributed by atoms with E-state index in [0.717, 1.165) is 11.3 Å². The zero-order chi connectivity index (χ0) is 20.4. The molecule has 6 heteroatoms. The number of amides is 3. The maximum Gasteiger partial charge on any atom is 0.251 e. The zero-order valence-corrected chi connectivity index (χ0v) is 16.3. The Kier molecular flexibility index (Phi) is 8.21. The molecule has 0 heterocycles. The van der Waals surface area contributed by atoms with Crippen LogP contribution in [0.4, 0.5) is 5.69 Å². The molecule has 0 aliphatic carbocycles. The van der Waals surface area contributed by atoms with Gasteiger partial charge in [0.2, 0.25) is 11.8 Å². The summed E-state index contributed by atoms with van der Waals surface area (Å²) in [6.45, 7) is 4.55. The highest BCUT2D eigenvalue weighted by molar-refractivity contribution is 5.94. The topological polar surface area (TPSA) is 87.3 Å². The summed E-state index contributed by atoms with van der Waals surface area (Å²) in [5, 5.41) is 8.49. The van der Waals surface area contributed by atoms with Gasteiger partial charge in [-0.05, 0) is 36.2 Å². The first-order chi connectivity index (χ1) is 13.5. The maximum atomic E-state index is 11.9. The normalized spacial score (nSPS) is 10.4. The van der Waals surface area contributed by atoms with Crippen molar-refractivity contribution in [3.8, 4) is 0 Å². The van der Waals surface area contributed by atoms with E-state index in [-0.39, 0.29) is 23.6 Å². The lowest BCUT2D eigenvalue weighted by molar-refractivity contribution is -0.121. The van der Waals surface area contributed by atoms with Gasteiger partial charge in [0.1, 0.15) is 0 Å². The highest BCUT2D eigenvalue weighted by atomic mass is 16.2. The Morgan fingerprint density at radius 3 is 2.21 bits per heavy atom. The van der Waals surface area contributed by atoms with Crippen molar-refractivity contribution in [3.05, 3.63) is 65.7 Å². The van der Waals surface area contributed by atoms with Gasteiger partial charge in [0.05, 0.1) is 0 Å². The first-order valence-electron chi connectivity index (χ1n) is 9.45. The number of carbonyl (C=O) groups excluding carboxylic acids is 3. The number of carbonyl (C=O) groups is 3. The first kappa shape index (κ1) is 21.2. The van der Waals surface area contributed by atoms with Crippen molar-refractivity contribution in [1.82, 2.24) is 10.6 Å². The van der Waals surface area contributed by atoms with Crippen LogP contribution in [0.25, 0.3) is 0 Å². The standard InChI is InChI=1S/C22H27N3O3/c1-16(2)21(27)25-19-12-10-17(11-13-19)15-24-20(26)9-6-14-23-22(28)18-7-4-3-5-8-18/h3-5,7-8,10-13,16H,6,9,14-15H2,1-2H3,(H,23,28)(H,24,26)(H,25,27). The Balaban J connectivity index is 1.64. The summed E-state index contributed by atoms with van der Waals surface area (Å²) in [7, 11) is 0. The van der Waals surface area contributed by atoms with Crippen LogP contribution in [0, 0.1) is 5.92 Å². The third-order valence-electron chi connectivity index (χ3n) is 4.14. The quantitative estimate of drug-likeness (QED) is 0.583. The van der Waals surface area contributed by atoms with Crippen LogP contribution < -0.4 is 16.0 Å². The Morgan fingerprint density at radius 1 is 0.893 bits per heavy atom.